The van der Waals surface area contributed by atoms with Gasteiger partial charge >= 0.3 is 0 Å². The van der Waals surface area contributed by atoms with Crippen molar-refractivity contribution in [2.24, 2.45) is 5.41 Å². The quantitative estimate of drug-likeness (QED) is 0.569. The normalized spacial score (nSPS) is 12.0. The molecule has 0 spiro atoms. The lowest BCUT2D eigenvalue weighted by molar-refractivity contribution is 0.401. The molecule has 0 N–H and O–H groups in total. The van der Waals surface area contributed by atoms with Gasteiger partial charge in [-0.15, -0.1) is 0 Å². The van der Waals surface area contributed by atoms with Crippen molar-refractivity contribution in [3.63, 3.8) is 0 Å². The van der Waals surface area contributed by atoms with E-state index in [1.54, 1.807) is 0 Å². The van der Waals surface area contributed by atoms with Crippen LogP contribution in [0.5, 0.6) is 0 Å². The lowest BCUT2D eigenvalue weighted by Crippen LogP contribution is -2.05. The van der Waals surface area contributed by atoms with E-state index in [4.69, 9.17) is 0 Å². The van der Waals surface area contributed by atoms with Crippen LogP contribution >= 0.6 is 11.8 Å². The molecule has 0 heterocycles. The number of unbranched alkanes of at least 4 members (excludes halogenated alkanes) is 1. The van der Waals surface area contributed by atoms with E-state index < -0.39 is 0 Å². The molecule has 0 unspecified atom stereocenters. The van der Waals surface area contributed by atoms with Crippen LogP contribution in [-0.2, 0) is 0 Å². The molecule has 0 saturated heterocycles. The minimum absolute atomic E-state index is 0.527. The van der Waals surface area contributed by atoms with Crippen molar-refractivity contribution in [3.05, 3.63) is 0 Å². The summed E-state index contributed by atoms with van der Waals surface area (Å²) in [7, 11) is 0. The molecule has 0 aromatic heterocycles. The number of rotatable bonds is 5. The van der Waals surface area contributed by atoms with Gasteiger partial charge in [0.05, 0.1) is 0 Å². The first-order valence-corrected chi connectivity index (χ1v) is 5.79. The zero-order valence-corrected chi connectivity index (χ0v) is 9.26. The first-order valence-electron chi connectivity index (χ1n) is 4.64. The Kier molecular flexibility index (Phi) is 6.12. The molecule has 0 rings (SSSR count). The van der Waals surface area contributed by atoms with Gasteiger partial charge in [0.25, 0.3) is 0 Å². The minimum Gasteiger partial charge on any atom is -0.162 e. The third kappa shape index (κ3) is 10.4. The van der Waals surface area contributed by atoms with Gasteiger partial charge in [0, 0.05) is 0 Å². The van der Waals surface area contributed by atoms with Crippen LogP contribution in [0, 0.1) is 5.41 Å². The molecule has 68 valence electrons. The number of hydrogen-bond donors (Lipinski definition) is 0. The maximum absolute atomic E-state index is 2.31. The van der Waals surface area contributed by atoms with Gasteiger partial charge in [-0.3, -0.25) is 0 Å². The Morgan fingerprint density at radius 2 is 1.73 bits per heavy atom. The molecular formula is C10H22S. The van der Waals surface area contributed by atoms with Crippen molar-refractivity contribution in [1.29, 1.82) is 0 Å². The minimum atomic E-state index is 0.527. The Morgan fingerprint density at radius 1 is 1.09 bits per heavy atom. The average Bonchev–Trinajstić information content (AvgIpc) is 1.85. The van der Waals surface area contributed by atoms with E-state index in [2.05, 4.69) is 39.5 Å². The Balaban J connectivity index is 3.02. The lowest BCUT2D eigenvalue weighted by atomic mass is 9.94. The molecule has 0 fully saturated rings. The molecule has 0 amide bonds. The van der Waals surface area contributed by atoms with Crippen molar-refractivity contribution >= 4 is 11.8 Å². The van der Waals surface area contributed by atoms with Crippen molar-refractivity contribution in [2.45, 2.75) is 47.0 Å². The lowest BCUT2D eigenvalue weighted by Gasteiger charge is -2.17. The van der Waals surface area contributed by atoms with Gasteiger partial charge in [0.1, 0.15) is 0 Å². The summed E-state index contributed by atoms with van der Waals surface area (Å²) in [5, 5.41) is 0. The molecule has 11 heavy (non-hydrogen) atoms. The van der Waals surface area contributed by atoms with Crippen LogP contribution in [0.3, 0.4) is 0 Å². The molecule has 0 aromatic carbocycles. The highest BCUT2D eigenvalue weighted by Crippen LogP contribution is 2.21. The van der Waals surface area contributed by atoms with Crippen molar-refractivity contribution in [1.82, 2.24) is 0 Å². The maximum atomic E-state index is 2.31. The van der Waals surface area contributed by atoms with Gasteiger partial charge < -0.3 is 0 Å². The smallest absolute Gasteiger partial charge is 0.00626 e. The highest BCUT2D eigenvalue weighted by molar-refractivity contribution is 7.99. The second-order valence-electron chi connectivity index (χ2n) is 4.28. The van der Waals surface area contributed by atoms with Gasteiger partial charge in [-0.1, -0.05) is 34.1 Å². The van der Waals surface area contributed by atoms with Crippen LogP contribution in [0.15, 0.2) is 0 Å². The molecule has 0 bridgehead atoms. The van der Waals surface area contributed by atoms with E-state index in [9.17, 15) is 0 Å². The maximum Gasteiger partial charge on any atom is -0.00626 e. The molecule has 1 heteroatoms. The Hall–Kier alpha value is 0.350. The van der Waals surface area contributed by atoms with E-state index in [1.807, 2.05) is 0 Å². The van der Waals surface area contributed by atoms with Crippen LogP contribution in [0.1, 0.15) is 47.0 Å². The van der Waals surface area contributed by atoms with Crippen LogP contribution in [0.2, 0.25) is 0 Å². The molecule has 0 aliphatic rings. The zero-order chi connectivity index (χ0) is 8.74. The summed E-state index contributed by atoms with van der Waals surface area (Å²) in [6, 6.07) is 0. The Morgan fingerprint density at radius 3 is 2.18 bits per heavy atom. The monoisotopic (exact) mass is 174 g/mol. The van der Waals surface area contributed by atoms with E-state index in [0.29, 0.717) is 5.41 Å². The SMILES string of the molecule is CCCCSCCC(C)(C)C. The number of hydrogen-bond acceptors (Lipinski definition) is 1. The van der Waals surface area contributed by atoms with Gasteiger partial charge in [-0.05, 0) is 29.8 Å². The molecular weight excluding hydrogens is 152 g/mol. The van der Waals surface area contributed by atoms with Crippen LogP contribution in [-0.4, -0.2) is 11.5 Å². The molecule has 0 aromatic rings. The van der Waals surface area contributed by atoms with Gasteiger partial charge in [0.15, 0.2) is 0 Å². The fourth-order valence-electron chi connectivity index (χ4n) is 0.727. The first-order chi connectivity index (χ1) is 5.06. The summed E-state index contributed by atoms with van der Waals surface area (Å²) < 4.78 is 0. The van der Waals surface area contributed by atoms with Crippen LogP contribution < -0.4 is 0 Å². The van der Waals surface area contributed by atoms with E-state index in [1.165, 1.54) is 30.8 Å². The highest BCUT2D eigenvalue weighted by Gasteiger charge is 2.08. The van der Waals surface area contributed by atoms with E-state index in [-0.39, 0.29) is 0 Å². The zero-order valence-electron chi connectivity index (χ0n) is 8.44. The van der Waals surface area contributed by atoms with Gasteiger partial charge in [-0.25, -0.2) is 0 Å². The largest absolute Gasteiger partial charge is 0.162 e. The fourth-order valence-corrected chi connectivity index (χ4v) is 2.18. The Labute approximate surface area is 76.1 Å². The molecule has 0 aliphatic carbocycles. The fraction of sp³-hybridized carbons (Fsp3) is 1.00. The summed E-state index contributed by atoms with van der Waals surface area (Å²) in [6.45, 7) is 9.19. The van der Waals surface area contributed by atoms with Crippen molar-refractivity contribution < 1.29 is 0 Å². The van der Waals surface area contributed by atoms with Crippen molar-refractivity contribution in [2.75, 3.05) is 11.5 Å². The van der Waals surface area contributed by atoms with Gasteiger partial charge in [0.2, 0.25) is 0 Å². The second kappa shape index (κ2) is 5.93. The Bertz CT molecular complexity index is 81.4. The number of thioether (sulfide) groups is 1. The topological polar surface area (TPSA) is 0 Å². The van der Waals surface area contributed by atoms with E-state index in [0.717, 1.165) is 0 Å². The molecule has 0 aliphatic heterocycles. The van der Waals surface area contributed by atoms with E-state index >= 15 is 0 Å². The van der Waals surface area contributed by atoms with Crippen molar-refractivity contribution in [3.8, 4) is 0 Å². The second-order valence-corrected chi connectivity index (χ2v) is 5.50. The van der Waals surface area contributed by atoms with Gasteiger partial charge in [-0.2, -0.15) is 11.8 Å². The standard InChI is InChI=1S/C10H22S/c1-5-6-8-11-9-7-10(2,3)4/h5-9H2,1-4H3. The predicted octanol–water partition coefficient (Wildman–Crippen LogP) is 3.96. The molecule has 0 nitrogen and oxygen atoms in total. The third-order valence-electron chi connectivity index (χ3n) is 1.64. The summed E-state index contributed by atoms with van der Waals surface area (Å²) in [5.41, 5.74) is 0.527. The predicted molar refractivity (Wildman–Crippen MR) is 56.3 cm³/mol. The van der Waals surface area contributed by atoms with Crippen LogP contribution in [0.25, 0.3) is 0 Å². The summed E-state index contributed by atoms with van der Waals surface area (Å²) in [5.74, 6) is 2.69. The highest BCUT2D eigenvalue weighted by atomic mass is 32.2. The third-order valence-corrected chi connectivity index (χ3v) is 2.71. The summed E-state index contributed by atoms with van der Waals surface area (Å²) >= 11 is 2.10. The molecule has 0 atom stereocenters. The summed E-state index contributed by atoms with van der Waals surface area (Å²) in [6.07, 6.45) is 4.07. The summed E-state index contributed by atoms with van der Waals surface area (Å²) in [4.78, 5) is 0. The molecule has 0 saturated carbocycles. The molecule has 0 radical (unpaired) electrons. The van der Waals surface area contributed by atoms with Crippen LogP contribution in [0.4, 0.5) is 0 Å². The average molecular weight is 174 g/mol. The first kappa shape index (κ1) is 11.4.